The van der Waals surface area contributed by atoms with E-state index >= 15 is 0 Å². The SMILES string of the molecule is CC(Oc1ccc(Cl)cc1Cl)C(=O)NN=Cc1cc2c(cc1[N+](=O)[O-])OCO2. The van der Waals surface area contributed by atoms with E-state index in [1.807, 2.05) is 0 Å². The van der Waals surface area contributed by atoms with Gasteiger partial charge in [0.1, 0.15) is 5.75 Å². The van der Waals surface area contributed by atoms with E-state index in [1.165, 1.54) is 31.2 Å². The van der Waals surface area contributed by atoms with Gasteiger partial charge in [0.25, 0.3) is 11.6 Å². The number of ether oxygens (including phenoxy) is 3. The fourth-order valence-electron chi connectivity index (χ4n) is 2.28. The van der Waals surface area contributed by atoms with Crippen LogP contribution in [-0.4, -0.2) is 29.9 Å². The van der Waals surface area contributed by atoms with E-state index in [0.717, 1.165) is 6.21 Å². The number of hydrogen-bond acceptors (Lipinski definition) is 7. The van der Waals surface area contributed by atoms with E-state index in [-0.39, 0.29) is 34.6 Å². The Morgan fingerprint density at radius 1 is 1.32 bits per heavy atom. The summed E-state index contributed by atoms with van der Waals surface area (Å²) in [6.07, 6.45) is 0.211. The van der Waals surface area contributed by atoms with Crippen molar-refractivity contribution in [1.29, 1.82) is 0 Å². The first-order valence-electron chi connectivity index (χ1n) is 7.88. The molecule has 11 heteroatoms. The van der Waals surface area contributed by atoms with Gasteiger partial charge in [0.2, 0.25) is 6.79 Å². The summed E-state index contributed by atoms with van der Waals surface area (Å²) in [5.41, 5.74) is 2.16. The Morgan fingerprint density at radius 2 is 2.04 bits per heavy atom. The third-order valence-electron chi connectivity index (χ3n) is 3.66. The van der Waals surface area contributed by atoms with Crippen LogP contribution < -0.4 is 19.6 Å². The summed E-state index contributed by atoms with van der Waals surface area (Å²) in [5, 5.41) is 15.6. The van der Waals surface area contributed by atoms with Gasteiger partial charge in [0, 0.05) is 5.02 Å². The first-order valence-corrected chi connectivity index (χ1v) is 8.63. The summed E-state index contributed by atoms with van der Waals surface area (Å²) in [7, 11) is 0. The van der Waals surface area contributed by atoms with Crippen molar-refractivity contribution in [3.05, 3.63) is 56.1 Å². The Balaban J connectivity index is 1.67. The zero-order chi connectivity index (χ0) is 20.3. The van der Waals surface area contributed by atoms with Gasteiger partial charge >= 0.3 is 0 Å². The fourth-order valence-corrected chi connectivity index (χ4v) is 2.73. The van der Waals surface area contributed by atoms with Crippen molar-refractivity contribution in [2.45, 2.75) is 13.0 Å². The quantitative estimate of drug-likeness (QED) is 0.430. The van der Waals surface area contributed by atoms with Gasteiger partial charge in [0.15, 0.2) is 17.6 Å². The number of rotatable bonds is 6. The minimum Gasteiger partial charge on any atom is -0.479 e. The average molecular weight is 426 g/mol. The normalized spacial score (nSPS) is 13.4. The van der Waals surface area contributed by atoms with Crippen LogP contribution in [0, 0.1) is 10.1 Å². The molecule has 1 N–H and O–H groups in total. The molecule has 1 unspecified atom stereocenters. The number of carbonyl (C=O) groups excluding carboxylic acids is 1. The van der Waals surface area contributed by atoms with Crippen LogP contribution in [0.1, 0.15) is 12.5 Å². The van der Waals surface area contributed by atoms with Gasteiger partial charge < -0.3 is 14.2 Å². The molecule has 9 nitrogen and oxygen atoms in total. The Morgan fingerprint density at radius 3 is 2.71 bits per heavy atom. The summed E-state index contributed by atoms with van der Waals surface area (Å²) in [5.74, 6) is 0.331. The first kappa shape index (κ1) is 19.7. The number of halogens is 2. The van der Waals surface area contributed by atoms with Crippen LogP contribution in [0.3, 0.4) is 0 Å². The average Bonchev–Trinajstić information content (AvgIpc) is 3.10. The number of nitro groups is 1. The summed E-state index contributed by atoms with van der Waals surface area (Å²) in [4.78, 5) is 22.7. The van der Waals surface area contributed by atoms with E-state index < -0.39 is 16.9 Å². The number of nitrogens with one attached hydrogen (secondary N) is 1. The minimum absolute atomic E-state index is 0.0219. The zero-order valence-corrected chi connectivity index (χ0v) is 15.9. The minimum atomic E-state index is -0.928. The lowest BCUT2D eigenvalue weighted by Gasteiger charge is -2.14. The summed E-state index contributed by atoms with van der Waals surface area (Å²) in [6, 6.07) is 7.24. The van der Waals surface area contributed by atoms with E-state index in [1.54, 1.807) is 6.07 Å². The topological polar surface area (TPSA) is 112 Å². The molecule has 1 aliphatic heterocycles. The van der Waals surface area contributed by atoms with Crippen LogP contribution in [0.15, 0.2) is 35.4 Å². The van der Waals surface area contributed by atoms with Crippen molar-refractivity contribution in [3.63, 3.8) is 0 Å². The van der Waals surface area contributed by atoms with E-state index in [4.69, 9.17) is 37.4 Å². The first-order chi connectivity index (χ1) is 13.3. The Bertz CT molecular complexity index is 966. The van der Waals surface area contributed by atoms with Gasteiger partial charge in [0.05, 0.1) is 27.8 Å². The largest absolute Gasteiger partial charge is 0.479 e. The second-order valence-corrected chi connectivity index (χ2v) is 6.43. The van der Waals surface area contributed by atoms with Crippen LogP contribution in [0.25, 0.3) is 0 Å². The number of nitro benzene ring substituents is 1. The molecular weight excluding hydrogens is 413 g/mol. The monoisotopic (exact) mass is 425 g/mol. The van der Waals surface area contributed by atoms with Gasteiger partial charge in [-0.25, -0.2) is 5.43 Å². The smallest absolute Gasteiger partial charge is 0.282 e. The van der Waals surface area contributed by atoms with Gasteiger partial charge in [-0.2, -0.15) is 5.10 Å². The van der Waals surface area contributed by atoms with Gasteiger partial charge in [-0.3, -0.25) is 14.9 Å². The highest BCUT2D eigenvalue weighted by molar-refractivity contribution is 6.35. The molecule has 0 bridgehead atoms. The van der Waals surface area contributed by atoms with Crippen molar-refractivity contribution >= 4 is 41.0 Å². The molecule has 2 aromatic carbocycles. The molecule has 1 heterocycles. The van der Waals surface area contributed by atoms with Crippen molar-refractivity contribution < 1.29 is 23.9 Å². The number of amides is 1. The fraction of sp³-hybridized carbons (Fsp3) is 0.176. The van der Waals surface area contributed by atoms with Gasteiger partial charge in [-0.1, -0.05) is 23.2 Å². The van der Waals surface area contributed by atoms with Gasteiger partial charge in [-0.05, 0) is 31.2 Å². The van der Waals surface area contributed by atoms with Crippen molar-refractivity contribution in [2.24, 2.45) is 5.10 Å². The maximum atomic E-state index is 12.1. The molecule has 2 aromatic rings. The zero-order valence-electron chi connectivity index (χ0n) is 14.3. The number of hydrazone groups is 1. The maximum Gasteiger partial charge on any atom is 0.282 e. The van der Waals surface area contributed by atoms with Crippen LogP contribution >= 0.6 is 23.2 Å². The molecule has 146 valence electrons. The van der Waals surface area contributed by atoms with Crippen molar-refractivity contribution in [1.82, 2.24) is 5.43 Å². The molecule has 28 heavy (non-hydrogen) atoms. The highest BCUT2D eigenvalue weighted by atomic mass is 35.5. The maximum absolute atomic E-state index is 12.1. The molecule has 0 fully saturated rings. The van der Waals surface area contributed by atoms with Crippen LogP contribution in [0.4, 0.5) is 5.69 Å². The number of hydrogen-bond donors (Lipinski definition) is 1. The molecule has 0 radical (unpaired) electrons. The van der Waals surface area contributed by atoms with E-state index in [2.05, 4.69) is 10.5 Å². The Labute approximate surface area is 168 Å². The molecule has 3 rings (SSSR count). The molecule has 0 spiro atoms. The second-order valence-electron chi connectivity index (χ2n) is 5.59. The van der Waals surface area contributed by atoms with Crippen LogP contribution in [-0.2, 0) is 4.79 Å². The lowest BCUT2D eigenvalue weighted by molar-refractivity contribution is -0.385. The molecule has 0 saturated carbocycles. The lowest BCUT2D eigenvalue weighted by Crippen LogP contribution is -2.33. The number of nitrogens with zero attached hydrogens (tertiary/aromatic N) is 2. The molecule has 1 atom stereocenters. The standard InChI is InChI=1S/C17H13Cl2N3O6/c1-9(28-14-3-2-11(18)5-12(14)19)17(23)21-20-7-10-4-15-16(27-8-26-15)6-13(10)22(24)25/h2-7,9H,8H2,1H3,(H,21,23). The van der Waals surface area contributed by atoms with Crippen molar-refractivity contribution in [3.8, 4) is 17.2 Å². The molecule has 1 aliphatic rings. The molecular formula is C17H13Cl2N3O6. The highest BCUT2D eigenvalue weighted by Crippen LogP contribution is 2.37. The third-order valence-corrected chi connectivity index (χ3v) is 4.19. The highest BCUT2D eigenvalue weighted by Gasteiger charge is 2.22. The molecule has 0 aliphatic carbocycles. The van der Waals surface area contributed by atoms with Crippen molar-refractivity contribution in [2.75, 3.05) is 6.79 Å². The Hall–Kier alpha value is -3.04. The predicted molar refractivity (Wildman–Crippen MR) is 102 cm³/mol. The molecule has 0 aromatic heterocycles. The van der Waals surface area contributed by atoms with Crippen LogP contribution in [0.2, 0.25) is 10.0 Å². The predicted octanol–water partition coefficient (Wildman–Crippen LogP) is 3.55. The van der Waals surface area contributed by atoms with Gasteiger partial charge in [-0.15, -0.1) is 0 Å². The number of fused-ring (bicyclic) bond motifs is 1. The molecule has 1 amide bonds. The van der Waals surface area contributed by atoms with Crippen LogP contribution in [0.5, 0.6) is 17.2 Å². The van der Waals surface area contributed by atoms with E-state index in [9.17, 15) is 14.9 Å². The Kier molecular flexibility index (Phi) is 5.86. The van der Waals surface area contributed by atoms with E-state index in [0.29, 0.717) is 10.8 Å². The second kappa shape index (κ2) is 8.32. The summed E-state index contributed by atoms with van der Waals surface area (Å²) in [6.45, 7) is 1.48. The summed E-state index contributed by atoms with van der Waals surface area (Å²) >= 11 is 11.8. The number of benzene rings is 2. The summed E-state index contributed by atoms with van der Waals surface area (Å²) < 4.78 is 15.8. The lowest BCUT2D eigenvalue weighted by atomic mass is 10.1. The third kappa shape index (κ3) is 4.44. The molecule has 0 saturated heterocycles. The number of carbonyl (C=O) groups is 1.